The van der Waals surface area contributed by atoms with Gasteiger partial charge in [0.25, 0.3) is 0 Å². The summed E-state index contributed by atoms with van der Waals surface area (Å²) in [5.41, 5.74) is 1.93. The molecule has 7 nitrogen and oxygen atoms in total. The van der Waals surface area contributed by atoms with Crippen molar-refractivity contribution in [1.29, 1.82) is 0 Å². The van der Waals surface area contributed by atoms with Gasteiger partial charge in [0.05, 0.1) is 28.4 Å². The van der Waals surface area contributed by atoms with Crippen LogP contribution in [0.25, 0.3) is 0 Å². The van der Waals surface area contributed by atoms with Crippen LogP contribution in [0.4, 0.5) is 0 Å². The fourth-order valence-corrected chi connectivity index (χ4v) is 4.73. The third-order valence-electron chi connectivity index (χ3n) is 4.68. The molecule has 0 radical (unpaired) electrons. The number of hydrogen-bond donors (Lipinski definition) is 1. The van der Waals surface area contributed by atoms with Gasteiger partial charge in [-0.25, -0.2) is 13.1 Å². The normalized spacial score (nSPS) is 15.9. The monoisotopic (exact) mass is 393 g/mol. The van der Waals surface area contributed by atoms with Crippen molar-refractivity contribution in [3.63, 3.8) is 0 Å². The molecule has 1 aliphatic rings. The molecule has 0 saturated carbocycles. The topological polar surface area (TPSA) is 83.1 Å². The molecule has 0 heterocycles. The minimum Gasteiger partial charge on any atom is -0.497 e. The summed E-state index contributed by atoms with van der Waals surface area (Å²) in [6, 6.07) is 8.04. The number of ether oxygens (including phenoxy) is 4. The zero-order valence-electron chi connectivity index (χ0n) is 15.7. The summed E-state index contributed by atoms with van der Waals surface area (Å²) < 4.78 is 49.9. The summed E-state index contributed by atoms with van der Waals surface area (Å²) in [4.78, 5) is 0.0401. The zero-order chi connectivity index (χ0) is 19.6. The summed E-state index contributed by atoms with van der Waals surface area (Å²) in [5, 5.41) is 0. The summed E-state index contributed by atoms with van der Waals surface area (Å²) >= 11 is 0. The van der Waals surface area contributed by atoms with E-state index < -0.39 is 10.0 Å². The number of fused-ring (bicyclic) bond motifs is 1. The maximum atomic E-state index is 13.0. The lowest BCUT2D eigenvalue weighted by Crippen LogP contribution is -2.27. The van der Waals surface area contributed by atoms with Gasteiger partial charge < -0.3 is 18.9 Å². The lowest BCUT2D eigenvalue weighted by molar-refractivity contribution is 0.354. The molecule has 146 valence electrons. The maximum absolute atomic E-state index is 13.0. The van der Waals surface area contributed by atoms with Crippen LogP contribution in [0, 0.1) is 0 Å². The highest BCUT2D eigenvalue weighted by Gasteiger charge is 2.30. The number of hydrogen-bond acceptors (Lipinski definition) is 6. The summed E-state index contributed by atoms with van der Waals surface area (Å²) in [7, 11) is 2.23. The van der Waals surface area contributed by atoms with Gasteiger partial charge in [0.1, 0.15) is 16.4 Å². The van der Waals surface area contributed by atoms with E-state index >= 15 is 0 Å². The van der Waals surface area contributed by atoms with Gasteiger partial charge in [-0.05, 0) is 48.2 Å². The molecule has 1 aliphatic carbocycles. The van der Waals surface area contributed by atoms with Gasteiger partial charge >= 0.3 is 0 Å². The van der Waals surface area contributed by atoms with E-state index in [4.69, 9.17) is 18.9 Å². The van der Waals surface area contributed by atoms with Gasteiger partial charge in [-0.15, -0.1) is 0 Å². The zero-order valence-corrected chi connectivity index (χ0v) is 16.6. The number of rotatable bonds is 7. The molecule has 0 spiro atoms. The van der Waals surface area contributed by atoms with Gasteiger partial charge in [0.15, 0.2) is 11.5 Å². The second-order valence-corrected chi connectivity index (χ2v) is 7.82. The molecule has 0 aromatic heterocycles. The quantitative estimate of drug-likeness (QED) is 0.779. The van der Waals surface area contributed by atoms with E-state index in [1.165, 1.54) is 20.3 Å². The molecule has 0 fully saturated rings. The smallest absolute Gasteiger partial charge is 0.244 e. The van der Waals surface area contributed by atoms with E-state index in [0.29, 0.717) is 23.7 Å². The number of benzene rings is 2. The lowest BCUT2D eigenvalue weighted by Gasteiger charge is -2.18. The van der Waals surface area contributed by atoms with Crippen LogP contribution in [0.5, 0.6) is 23.0 Å². The predicted octanol–water partition coefficient (Wildman–Crippen LogP) is 2.69. The molecule has 0 bridgehead atoms. The largest absolute Gasteiger partial charge is 0.497 e. The first-order chi connectivity index (χ1) is 12.9. The van der Waals surface area contributed by atoms with Crippen LogP contribution < -0.4 is 23.7 Å². The van der Waals surface area contributed by atoms with Crippen molar-refractivity contribution in [2.75, 3.05) is 28.4 Å². The molecule has 1 unspecified atom stereocenters. The third kappa shape index (κ3) is 3.68. The molecular weight excluding hydrogens is 370 g/mol. The van der Waals surface area contributed by atoms with E-state index in [9.17, 15) is 8.42 Å². The number of nitrogens with one attached hydrogen (secondary N) is 1. The predicted molar refractivity (Wildman–Crippen MR) is 100 cm³/mol. The Hall–Kier alpha value is -2.45. The van der Waals surface area contributed by atoms with Crippen LogP contribution in [-0.4, -0.2) is 36.9 Å². The van der Waals surface area contributed by atoms with Crippen molar-refractivity contribution < 1.29 is 27.4 Å². The van der Waals surface area contributed by atoms with Gasteiger partial charge in [-0.3, -0.25) is 0 Å². The fraction of sp³-hybridized carbons (Fsp3) is 0.368. The van der Waals surface area contributed by atoms with Crippen LogP contribution in [-0.2, 0) is 16.4 Å². The van der Waals surface area contributed by atoms with Crippen LogP contribution in [0.1, 0.15) is 23.6 Å². The average molecular weight is 393 g/mol. The van der Waals surface area contributed by atoms with Gasteiger partial charge in [0.2, 0.25) is 10.0 Å². The number of sulfonamides is 1. The van der Waals surface area contributed by atoms with Crippen LogP contribution in [0.3, 0.4) is 0 Å². The number of methoxy groups -OCH3 is 4. The van der Waals surface area contributed by atoms with Crippen LogP contribution in [0.15, 0.2) is 35.2 Å². The third-order valence-corrected chi connectivity index (χ3v) is 6.17. The Morgan fingerprint density at radius 1 is 0.889 bits per heavy atom. The fourth-order valence-electron chi connectivity index (χ4n) is 3.30. The Morgan fingerprint density at radius 2 is 1.56 bits per heavy atom. The summed E-state index contributed by atoms with van der Waals surface area (Å²) in [6.07, 6.45) is 1.40. The molecule has 1 atom stereocenters. The van der Waals surface area contributed by atoms with Crippen molar-refractivity contribution in [2.45, 2.75) is 23.8 Å². The molecule has 27 heavy (non-hydrogen) atoms. The molecule has 3 rings (SSSR count). The molecule has 0 amide bonds. The lowest BCUT2D eigenvalue weighted by atomic mass is 10.1. The highest BCUT2D eigenvalue weighted by Crippen LogP contribution is 2.40. The Labute approximate surface area is 159 Å². The molecule has 2 aromatic rings. The van der Waals surface area contributed by atoms with E-state index in [1.54, 1.807) is 26.4 Å². The van der Waals surface area contributed by atoms with E-state index in [1.807, 2.05) is 12.1 Å². The standard InChI is InChI=1S/C19H23NO6S/c1-23-13-6-8-16(24-2)19(10-13)27(21,22)20-15-7-5-12-9-17(25-3)18(26-4)11-14(12)15/h6,8-11,15,20H,5,7H2,1-4H3. The molecule has 1 N–H and O–H groups in total. The summed E-state index contributed by atoms with van der Waals surface area (Å²) in [5.74, 6) is 1.90. The van der Waals surface area contributed by atoms with Crippen molar-refractivity contribution in [2.24, 2.45) is 0 Å². The first-order valence-corrected chi connectivity index (χ1v) is 9.91. The van der Waals surface area contributed by atoms with Gasteiger partial charge in [-0.2, -0.15) is 0 Å². The number of aryl methyl sites for hydroxylation is 1. The molecule has 8 heteroatoms. The molecule has 0 saturated heterocycles. The van der Waals surface area contributed by atoms with Crippen molar-refractivity contribution in [3.8, 4) is 23.0 Å². The average Bonchev–Trinajstić information content (AvgIpc) is 3.07. The highest BCUT2D eigenvalue weighted by atomic mass is 32.2. The van der Waals surface area contributed by atoms with Crippen molar-refractivity contribution >= 4 is 10.0 Å². The summed E-state index contributed by atoms with van der Waals surface area (Å²) in [6.45, 7) is 0. The van der Waals surface area contributed by atoms with E-state index in [0.717, 1.165) is 17.5 Å². The van der Waals surface area contributed by atoms with Crippen molar-refractivity contribution in [3.05, 3.63) is 41.5 Å². The Balaban J connectivity index is 1.96. The Bertz CT molecular complexity index is 941. The maximum Gasteiger partial charge on any atom is 0.244 e. The second kappa shape index (κ2) is 7.66. The first kappa shape index (κ1) is 19.3. The SMILES string of the molecule is COc1ccc(OC)c(S(=O)(=O)NC2CCc3cc(OC)c(OC)cc32)c1. The minimum absolute atomic E-state index is 0.0401. The van der Waals surface area contributed by atoms with Crippen LogP contribution in [0.2, 0.25) is 0 Å². The van der Waals surface area contributed by atoms with Crippen molar-refractivity contribution in [1.82, 2.24) is 4.72 Å². The van der Waals surface area contributed by atoms with E-state index in [-0.39, 0.29) is 16.7 Å². The van der Waals surface area contributed by atoms with Gasteiger partial charge in [0, 0.05) is 12.1 Å². The van der Waals surface area contributed by atoms with E-state index in [2.05, 4.69) is 4.72 Å². The van der Waals surface area contributed by atoms with Gasteiger partial charge in [-0.1, -0.05) is 0 Å². The minimum atomic E-state index is -3.82. The highest BCUT2D eigenvalue weighted by molar-refractivity contribution is 7.89. The molecular formula is C19H23NO6S. The van der Waals surface area contributed by atoms with Crippen LogP contribution >= 0.6 is 0 Å². The first-order valence-electron chi connectivity index (χ1n) is 8.42. The molecule has 0 aliphatic heterocycles. The Kier molecular flexibility index (Phi) is 5.48. The molecule has 2 aromatic carbocycles. The second-order valence-electron chi connectivity index (χ2n) is 6.14. The Morgan fingerprint density at radius 3 is 2.19 bits per heavy atom.